The molecule has 2 rings (SSSR count). The van der Waals surface area contributed by atoms with Crippen molar-refractivity contribution in [3.8, 4) is 0 Å². The summed E-state index contributed by atoms with van der Waals surface area (Å²) in [5, 5.41) is 8.90. The lowest BCUT2D eigenvalue weighted by Gasteiger charge is -2.01. The third kappa shape index (κ3) is 2.32. The molecule has 82 valence electrons. The van der Waals surface area contributed by atoms with Gasteiger partial charge in [-0.1, -0.05) is 0 Å². The number of hydrogen-bond acceptors (Lipinski definition) is 4. The van der Waals surface area contributed by atoms with E-state index in [9.17, 15) is 9.59 Å². The molecule has 0 unspecified atom stereocenters. The van der Waals surface area contributed by atoms with Crippen LogP contribution >= 0.6 is 0 Å². The van der Waals surface area contributed by atoms with Crippen LogP contribution in [0.4, 0.5) is 0 Å². The van der Waals surface area contributed by atoms with E-state index in [1.54, 1.807) is 0 Å². The number of carbonyl (C=O) groups is 1. The summed E-state index contributed by atoms with van der Waals surface area (Å²) in [6.45, 7) is 0.262. The number of hydrogen-bond donors (Lipinski definition) is 3. The molecule has 3 N–H and O–H groups in total. The molecule has 0 aliphatic rings. The molecule has 0 radical (unpaired) electrons. The lowest BCUT2D eigenvalue weighted by molar-refractivity contribution is 0.0949. The zero-order valence-corrected chi connectivity index (χ0v) is 8.23. The number of rotatable bonds is 3. The minimum atomic E-state index is -0.285. The van der Waals surface area contributed by atoms with Crippen molar-refractivity contribution < 1.29 is 4.79 Å². The highest BCUT2D eigenvalue weighted by atomic mass is 16.1. The standard InChI is InChI=1S/C9H9N5O2/c15-8-2-1-6(3-10-8)9(16)11-4-7-12-5-13-14-7/h1-3,5H,4H2,(H,10,15)(H,11,16)(H,12,13,14). The fraction of sp³-hybridized carbons (Fsp3) is 0.111. The summed E-state index contributed by atoms with van der Waals surface area (Å²) in [6, 6.07) is 2.75. The van der Waals surface area contributed by atoms with Crippen molar-refractivity contribution in [3.63, 3.8) is 0 Å². The molecule has 16 heavy (non-hydrogen) atoms. The van der Waals surface area contributed by atoms with Crippen LogP contribution in [-0.2, 0) is 6.54 Å². The number of aromatic nitrogens is 4. The van der Waals surface area contributed by atoms with Crippen LogP contribution < -0.4 is 10.9 Å². The second-order valence-corrected chi connectivity index (χ2v) is 3.06. The molecule has 7 nitrogen and oxygen atoms in total. The van der Waals surface area contributed by atoms with Gasteiger partial charge in [0.1, 0.15) is 12.2 Å². The predicted molar refractivity (Wildman–Crippen MR) is 54.6 cm³/mol. The minimum Gasteiger partial charge on any atom is -0.345 e. The molecule has 2 aromatic heterocycles. The van der Waals surface area contributed by atoms with E-state index in [4.69, 9.17) is 0 Å². The molecule has 0 saturated heterocycles. The Bertz CT molecular complexity index is 511. The summed E-state index contributed by atoms with van der Waals surface area (Å²) in [5.74, 6) is 0.283. The Labute approximate surface area is 89.9 Å². The molecule has 0 fully saturated rings. The van der Waals surface area contributed by atoms with Crippen LogP contribution in [0.5, 0.6) is 0 Å². The zero-order valence-electron chi connectivity index (χ0n) is 8.23. The number of carbonyl (C=O) groups excluding carboxylic acids is 1. The van der Waals surface area contributed by atoms with E-state index in [1.165, 1.54) is 24.7 Å². The van der Waals surface area contributed by atoms with Crippen LogP contribution in [0.3, 0.4) is 0 Å². The van der Waals surface area contributed by atoms with E-state index < -0.39 is 0 Å². The maximum atomic E-state index is 11.6. The average Bonchev–Trinajstić information content (AvgIpc) is 2.80. The lowest BCUT2D eigenvalue weighted by Crippen LogP contribution is -2.24. The highest BCUT2D eigenvalue weighted by Gasteiger charge is 2.05. The van der Waals surface area contributed by atoms with Gasteiger partial charge in [0.05, 0.1) is 12.1 Å². The largest absolute Gasteiger partial charge is 0.345 e. The number of nitrogens with one attached hydrogen (secondary N) is 3. The summed E-state index contributed by atoms with van der Waals surface area (Å²) < 4.78 is 0. The lowest BCUT2D eigenvalue weighted by atomic mass is 10.3. The number of pyridine rings is 1. The minimum absolute atomic E-state index is 0.244. The summed E-state index contributed by atoms with van der Waals surface area (Å²) in [6.07, 6.45) is 2.72. The van der Waals surface area contributed by atoms with E-state index in [1.807, 2.05) is 0 Å². The van der Waals surface area contributed by atoms with E-state index in [0.29, 0.717) is 11.4 Å². The smallest absolute Gasteiger partial charge is 0.253 e. The molecular formula is C9H9N5O2. The van der Waals surface area contributed by atoms with Crippen molar-refractivity contribution in [2.45, 2.75) is 6.54 Å². The number of aromatic amines is 2. The van der Waals surface area contributed by atoms with Gasteiger partial charge in [-0.3, -0.25) is 14.7 Å². The number of H-pyrrole nitrogens is 2. The van der Waals surface area contributed by atoms with Gasteiger partial charge in [0, 0.05) is 12.3 Å². The van der Waals surface area contributed by atoms with Gasteiger partial charge in [0.15, 0.2) is 0 Å². The second-order valence-electron chi connectivity index (χ2n) is 3.06. The predicted octanol–water partition coefficient (Wildman–Crippen LogP) is -0.577. The third-order valence-corrected chi connectivity index (χ3v) is 1.93. The van der Waals surface area contributed by atoms with Crippen molar-refractivity contribution >= 4 is 5.91 Å². The molecule has 0 saturated carbocycles. The Morgan fingerprint density at radius 1 is 1.44 bits per heavy atom. The Balaban J connectivity index is 1.98. The van der Waals surface area contributed by atoms with E-state index >= 15 is 0 Å². The molecule has 0 spiro atoms. The van der Waals surface area contributed by atoms with Crippen molar-refractivity contribution in [1.82, 2.24) is 25.5 Å². The highest BCUT2D eigenvalue weighted by Crippen LogP contribution is 1.93. The van der Waals surface area contributed by atoms with Crippen LogP contribution in [0.1, 0.15) is 16.2 Å². The maximum absolute atomic E-state index is 11.6. The highest BCUT2D eigenvalue weighted by molar-refractivity contribution is 5.93. The van der Waals surface area contributed by atoms with Gasteiger partial charge in [-0.25, -0.2) is 4.98 Å². The van der Waals surface area contributed by atoms with E-state index in [2.05, 4.69) is 25.5 Å². The molecule has 7 heteroatoms. The Kier molecular flexibility index (Phi) is 2.77. The number of amides is 1. The fourth-order valence-corrected chi connectivity index (χ4v) is 1.13. The van der Waals surface area contributed by atoms with E-state index in [-0.39, 0.29) is 18.0 Å². The molecule has 0 aliphatic carbocycles. The zero-order chi connectivity index (χ0) is 11.4. The van der Waals surface area contributed by atoms with Gasteiger partial charge in [-0.15, -0.1) is 0 Å². The molecule has 0 aromatic carbocycles. The Morgan fingerprint density at radius 3 is 2.94 bits per heavy atom. The molecule has 2 heterocycles. The Morgan fingerprint density at radius 2 is 2.31 bits per heavy atom. The van der Waals surface area contributed by atoms with E-state index in [0.717, 1.165) is 0 Å². The van der Waals surface area contributed by atoms with Crippen molar-refractivity contribution in [2.75, 3.05) is 0 Å². The van der Waals surface area contributed by atoms with Gasteiger partial charge >= 0.3 is 0 Å². The van der Waals surface area contributed by atoms with Gasteiger partial charge in [-0.05, 0) is 6.07 Å². The maximum Gasteiger partial charge on any atom is 0.253 e. The van der Waals surface area contributed by atoms with Crippen LogP contribution in [0.15, 0.2) is 29.5 Å². The average molecular weight is 219 g/mol. The molecule has 0 aliphatic heterocycles. The summed E-state index contributed by atoms with van der Waals surface area (Å²) in [7, 11) is 0. The topological polar surface area (TPSA) is 104 Å². The first-order chi connectivity index (χ1) is 7.75. The Hall–Kier alpha value is -2.44. The fourth-order valence-electron chi connectivity index (χ4n) is 1.13. The normalized spacial score (nSPS) is 10.0. The quantitative estimate of drug-likeness (QED) is 0.642. The summed E-state index contributed by atoms with van der Waals surface area (Å²) in [4.78, 5) is 28.6. The van der Waals surface area contributed by atoms with Crippen LogP contribution in [-0.4, -0.2) is 26.1 Å². The SMILES string of the molecule is O=C(NCc1ncn[nH]1)c1ccc(=O)[nH]c1. The third-order valence-electron chi connectivity index (χ3n) is 1.93. The molecule has 2 aromatic rings. The van der Waals surface area contributed by atoms with Crippen LogP contribution in [0.2, 0.25) is 0 Å². The summed E-state index contributed by atoms with van der Waals surface area (Å²) >= 11 is 0. The monoisotopic (exact) mass is 219 g/mol. The van der Waals surface area contributed by atoms with Crippen LogP contribution in [0.25, 0.3) is 0 Å². The van der Waals surface area contributed by atoms with Gasteiger partial charge in [0.2, 0.25) is 5.56 Å². The summed E-state index contributed by atoms with van der Waals surface area (Å²) in [5.41, 5.74) is 0.144. The molecule has 0 atom stereocenters. The first-order valence-electron chi connectivity index (χ1n) is 4.57. The van der Waals surface area contributed by atoms with Crippen molar-refractivity contribution in [1.29, 1.82) is 0 Å². The second kappa shape index (κ2) is 4.39. The molecule has 0 bridgehead atoms. The first-order valence-corrected chi connectivity index (χ1v) is 4.57. The van der Waals surface area contributed by atoms with Gasteiger partial charge in [-0.2, -0.15) is 5.10 Å². The van der Waals surface area contributed by atoms with Gasteiger partial charge < -0.3 is 10.3 Å². The number of nitrogens with zero attached hydrogens (tertiary/aromatic N) is 2. The molecular weight excluding hydrogens is 210 g/mol. The first kappa shape index (κ1) is 10.1. The van der Waals surface area contributed by atoms with Crippen molar-refractivity contribution in [3.05, 3.63) is 46.4 Å². The van der Waals surface area contributed by atoms with Gasteiger partial charge in [0.25, 0.3) is 5.91 Å². The van der Waals surface area contributed by atoms with Crippen molar-refractivity contribution in [2.24, 2.45) is 0 Å². The molecule has 1 amide bonds. The van der Waals surface area contributed by atoms with Crippen LogP contribution in [0, 0.1) is 0 Å².